The van der Waals surface area contributed by atoms with Crippen molar-refractivity contribution in [1.82, 2.24) is 15.2 Å². The molecule has 0 bridgehead atoms. The van der Waals surface area contributed by atoms with E-state index in [4.69, 9.17) is 4.74 Å². The minimum Gasteiger partial charge on any atom is -0.497 e. The van der Waals surface area contributed by atoms with Crippen LogP contribution in [-0.2, 0) is 4.79 Å². The quantitative estimate of drug-likeness (QED) is 0.354. The van der Waals surface area contributed by atoms with Gasteiger partial charge < -0.3 is 10.1 Å². The molecule has 0 unspecified atom stereocenters. The fraction of sp³-hybridized carbons (Fsp3) is 0.167. The van der Waals surface area contributed by atoms with Crippen LogP contribution in [0.4, 0.5) is 11.4 Å². The Morgan fingerprint density at radius 1 is 1.25 bits per heavy atom. The molecule has 2 N–H and O–H groups in total. The number of thioether (sulfide) groups is 1. The van der Waals surface area contributed by atoms with Crippen molar-refractivity contribution in [1.29, 1.82) is 0 Å². The fourth-order valence-electron chi connectivity index (χ4n) is 2.36. The molecule has 2 aromatic carbocycles. The van der Waals surface area contributed by atoms with E-state index in [1.165, 1.54) is 12.1 Å². The van der Waals surface area contributed by atoms with E-state index in [1.54, 1.807) is 26.2 Å². The number of methoxy groups -OCH3 is 1. The number of ether oxygens (including phenoxy) is 1. The summed E-state index contributed by atoms with van der Waals surface area (Å²) in [6.45, 7) is 1.68. The Morgan fingerprint density at radius 2 is 1.96 bits per heavy atom. The van der Waals surface area contributed by atoms with Crippen molar-refractivity contribution in [2.24, 2.45) is 0 Å². The second-order valence-corrected chi connectivity index (χ2v) is 7.03. The van der Waals surface area contributed by atoms with Crippen LogP contribution in [0.3, 0.4) is 0 Å². The Balaban J connectivity index is 1.66. The largest absolute Gasteiger partial charge is 0.497 e. The molecular formula is C18H17N5O4S. The molecule has 3 aromatic rings. The Labute approximate surface area is 164 Å². The Bertz CT molecular complexity index is 990. The molecule has 28 heavy (non-hydrogen) atoms. The van der Waals surface area contributed by atoms with E-state index in [0.29, 0.717) is 11.0 Å². The summed E-state index contributed by atoms with van der Waals surface area (Å²) in [7, 11) is 1.59. The van der Waals surface area contributed by atoms with Crippen molar-refractivity contribution in [3.63, 3.8) is 0 Å². The minimum absolute atomic E-state index is 0.152. The monoisotopic (exact) mass is 399 g/mol. The van der Waals surface area contributed by atoms with Crippen LogP contribution < -0.4 is 10.1 Å². The first-order valence-electron chi connectivity index (χ1n) is 8.25. The Kier molecular flexibility index (Phi) is 5.90. The molecule has 1 aromatic heterocycles. The summed E-state index contributed by atoms with van der Waals surface area (Å²) >= 11 is 1.15. The summed E-state index contributed by atoms with van der Waals surface area (Å²) in [4.78, 5) is 27.3. The molecule has 1 amide bonds. The number of carbonyl (C=O) groups excluding carboxylic acids is 1. The zero-order chi connectivity index (χ0) is 20.1. The summed E-state index contributed by atoms with van der Waals surface area (Å²) < 4.78 is 5.12. The molecule has 9 nitrogen and oxygen atoms in total. The molecule has 0 fully saturated rings. The first-order chi connectivity index (χ1) is 13.5. The van der Waals surface area contributed by atoms with Gasteiger partial charge in [-0.1, -0.05) is 23.9 Å². The number of nitrogens with one attached hydrogen (secondary N) is 2. The van der Waals surface area contributed by atoms with Gasteiger partial charge in [0.15, 0.2) is 5.82 Å². The van der Waals surface area contributed by atoms with E-state index in [1.807, 2.05) is 24.3 Å². The number of amides is 1. The number of nitro benzene ring substituents is 1. The van der Waals surface area contributed by atoms with Crippen molar-refractivity contribution in [3.8, 4) is 17.1 Å². The number of H-pyrrole nitrogens is 1. The van der Waals surface area contributed by atoms with Crippen molar-refractivity contribution < 1.29 is 14.5 Å². The smallest absolute Gasteiger partial charge is 0.292 e. The topological polar surface area (TPSA) is 123 Å². The summed E-state index contributed by atoms with van der Waals surface area (Å²) in [5.41, 5.74) is 0.823. The fourth-order valence-corrected chi connectivity index (χ4v) is 3.09. The lowest BCUT2D eigenvalue weighted by molar-refractivity contribution is -0.383. The highest BCUT2D eigenvalue weighted by Gasteiger charge is 2.21. The first-order valence-corrected chi connectivity index (χ1v) is 9.13. The van der Waals surface area contributed by atoms with Crippen molar-refractivity contribution in [2.45, 2.75) is 17.3 Å². The van der Waals surface area contributed by atoms with Crippen LogP contribution in [-0.4, -0.2) is 38.4 Å². The van der Waals surface area contributed by atoms with Gasteiger partial charge in [0.05, 0.1) is 17.3 Å². The number of rotatable bonds is 7. The van der Waals surface area contributed by atoms with E-state index in [2.05, 4.69) is 20.5 Å². The maximum Gasteiger partial charge on any atom is 0.292 e. The number of anilines is 1. The maximum atomic E-state index is 12.4. The van der Waals surface area contributed by atoms with Gasteiger partial charge in [0.2, 0.25) is 11.1 Å². The van der Waals surface area contributed by atoms with Crippen LogP contribution in [0.1, 0.15) is 6.92 Å². The molecular weight excluding hydrogens is 382 g/mol. The van der Waals surface area contributed by atoms with Crippen molar-refractivity contribution in [2.75, 3.05) is 12.4 Å². The van der Waals surface area contributed by atoms with Gasteiger partial charge in [-0.05, 0) is 37.3 Å². The van der Waals surface area contributed by atoms with Gasteiger partial charge in [-0.15, -0.1) is 5.10 Å². The average Bonchev–Trinajstić information content (AvgIpc) is 3.16. The lowest BCUT2D eigenvalue weighted by Gasteiger charge is -2.10. The van der Waals surface area contributed by atoms with Gasteiger partial charge in [-0.2, -0.15) is 0 Å². The molecule has 0 saturated carbocycles. The van der Waals surface area contributed by atoms with E-state index in [-0.39, 0.29) is 17.3 Å². The van der Waals surface area contributed by atoms with Crippen LogP contribution >= 0.6 is 11.8 Å². The van der Waals surface area contributed by atoms with E-state index < -0.39 is 10.2 Å². The van der Waals surface area contributed by atoms with Gasteiger partial charge >= 0.3 is 0 Å². The molecule has 0 aliphatic rings. The molecule has 1 heterocycles. The molecule has 10 heteroatoms. The highest BCUT2D eigenvalue weighted by atomic mass is 32.2. The third-order valence-corrected chi connectivity index (χ3v) is 4.80. The van der Waals surface area contributed by atoms with E-state index in [0.717, 1.165) is 23.1 Å². The summed E-state index contributed by atoms with van der Waals surface area (Å²) in [5, 5.41) is 20.4. The van der Waals surface area contributed by atoms with Gasteiger partial charge in [0.1, 0.15) is 11.4 Å². The minimum atomic E-state index is -0.556. The van der Waals surface area contributed by atoms with Crippen LogP contribution in [0, 0.1) is 10.1 Å². The van der Waals surface area contributed by atoms with Gasteiger partial charge in [0.25, 0.3) is 5.69 Å². The average molecular weight is 399 g/mol. The third kappa shape index (κ3) is 4.46. The number of nitro groups is 1. The normalized spacial score (nSPS) is 11.6. The molecule has 0 spiro atoms. The molecule has 144 valence electrons. The predicted molar refractivity (Wildman–Crippen MR) is 105 cm³/mol. The number of para-hydroxylation sites is 2. The van der Waals surface area contributed by atoms with E-state index in [9.17, 15) is 14.9 Å². The van der Waals surface area contributed by atoms with Crippen molar-refractivity contribution >= 4 is 29.0 Å². The predicted octanol–water partition coefficient (Wildman–Crippen LogP) is 3.51. The van der Waals surface area contributed by atoms with Gasteiger partial charge in [0, 0.05) is 11.6 Å². The van der Waals surface area contributed by atoms with Crippen LogP contribution in [0.25, 0.3) is 11.4 Å². The highest BCUT2D eigenvalue weighted by molar-refractivity contribution is 8.00. The van der Waals surface area contributed by atoms with Crippen LogP contribution in [0.5, 0.6) is 5.75 Å². The summed E-state index contributed by atoms with van der Waals surface area (Å²) in [5.74, 6) is 0.921. The molecule has 0 aliphatic carbocycles. The highest BCUT2D eigenvalue weighted by Crippen LogP contribution is 2.27. The number of aromatic amines is 1. The molecule has 1 atom stereocenters. The molecule has 0 radical (unpaired) electrons. The number of benzene rings is 2. The Morgan fingerprint density at radius 3 is 2.64 bits per heavy atom. The second kappa shape index (κ2) is 8.53. The summed E-state index contributed by atoms with van der Waals surface area (Å²) in [6.07, 6.45) is 0. The lowest BCUT2D eigenvalue weighted by Crippen LogP contribution is -2.23. The summed E-state index contributed by atoms with van der Waals surface area (Å²) in [6, 6.07) is 13.3. The zero-order valence-corrected chi connectivity index (χ0v) is 15.9. The van der Waals surface area contributed by atoms with Crippen LogP contribution in [0.15, 0.2) is 53.7 Å². The first kappa shape index (κ1) is 19.4. The lowest BCUT2D eigenvalue weighted by atomic mass is 10.2. The second-order valence-electron chi connectivity index (χ2n) is 5.72. The van der Waals surface area contributed by atoms with E-state index >= 15 is 0 Å². The molecule has 3 rings (SSSR count). The van der Waals surface area contributed by atoms with Crippen molar-refractivity contribution in [3.05, 3.63) is 58.6 Å². The van der Waals surface area contributed by atoms with Gasteiger partial charge in [-0.3, -0.25) is 20.0 Å². The zero-order valence-electron chi connectivity index (χ0n) is 15.1. The van der Waals surface area contributed by atoms with Crippen LogP contribution in [0.2, 0.25) is 0 Å². The molecule has 0 saturated heterocycles. The SMILES string of the molecule is COc1ccc(-c2nc(S[C@H](C)C(=O)Nc3ccccc3[N+](=O)[O-])n[nH]2)cc1. The van der Waals surface area contributed by atoms with Gasteiger partial charge in [-0.25, -0.2) is 4.98 Å². The number of nitrogens with zero attached hydrogens (tertiary/aromatic N) is 3. The number of aromatic nitrogens is 3. The number of hydrogen-bond acceptors (Lipinski definition) is 7. The third-order valence-electron chi connectivity index (χ3n) is 3.84. The molecule has 0 aliphatic heterocycles. The maximum absolute atomic E-state index is 12.4. The Hall–Kier alpha value is -3.40. The number of hydrogen-bond donors (Lipinski definition) is 2. The number of carbonyl (C=O) groups is 1. The standard InChI is InChI=1S/C18H17N5O4S/c1-11(17(24)19-14-5-3-4-6-15(14)23(25)26)28-18-20-16(21-22-18)12-7-9-13(27-2)10-8-12/h3-11H,1-2H3,(H,19,24)(H,20,21,22)/t11-/m1/s1.